The molecule has 18 heavy (non-hydrogen) atoms. The number of nitrogens with one attached hydrogen (secondary N) is 1. The number of halogens is 1. The van der Waals surface area contributed by atoms with E-state index in [1.807, 2.05) is 0 Å². The molecule has 1 nitrogen and oxygen atoms in total. The van der Waals surface area contributed by atoms with Crippen molar-refractivity contribution in [3.8, 4) is 0 Å². The van der Waals surface area contributed by atoms with Crippen LogP contribution in [0.1, 0.15) is 29.7 Å². The van der Waals surface area contributed by atoms with Gasteiger partial charge < -0.3 is 5.32 Å². The van der Waals surface area contributed by atoms with Gasteiger partial charge in [0.05, 0.1) is 0 Å². The van der Waals surface area contributed by atoms with Crippen molar-refractivity contribution in [2.75, 3.05) is 6.54 Å². The fourth-order valence-electron chi connectivity index (χ4n) is 2.04. The number of benzene rings is 1. The van der Waals surface area contributed by atoms with Gasteiger partial charge in [0, 0.05) is 15.9 Å². The molecule has 0 aliphatic rings. The van der Waals surface area contributed by atoms with Crippen LogP contribution in [0, 0.1) is 6.92 Å². The van der Waals surface area contributed by atoms with Crippen molar-refractivity contribution in [2.45, 2.75) is 26.3 Å². The molecule has 2 rings (SSSR count). The van der Waals surface area contributed by atoms with Crippen LogP contribution in [0.4, 0.5) is 0 Å². The molecule has 0 fully saturated rings. The average Bonchev–Trinajstić information content (AvgIpc) is 2.78. The van der Waals surface area contributed by atoms with Crippen molar-refractivity contribution >= 4 is 27.3 Å². The van der Waals surface area contributed by atoms with E-state index in [9.17, 15) is 0 Å². The van der Waals surface area contributed by atoms with Crippen LogP contribution in [0.2, 0.25) is 0 Å². The predicted molar refractivity (Wildman–Crippen MR) is 83.3 cm³/mol. The Kier molecular flexibility index (Phi) is 4.98. The molecule has 1 N–H and O–H groups in total. The van der Waals surface area contributed by atoms with Gasteiger partial charge >= 0.3 is 0 Å². The highest BCUT2D eigenvalue weighted by Crippen LogP contribution is 2.29. The highest BCUT2D eigenvalue weighted by molar-refractivity contribution is 9.10. The minimum Gasteiger partial charge on any atom is -0.310 e. The molecule has 1 aromatic carbocycles. The van der Waals surface area contributed by atoms with Gasteiger partial charge in [-0.1, -0.05) is 36.8 Å². The summed E-state index contributed by atoms with van der Waals surface area (Å²) in [5.74, 6) is 0. The molecule has 0 amide bonds. The van der Waals surface area contributed by atoms with Gasteiger partial charge in [-0.2, -0.15) is 11.3 Å². The van der Waals surface area contributed by atoms with Crippen molar-refractivity contribution in [3.05, 3.63) is 56.2 Å². The van der Waals surface area contributed by atoms with Crippen LogP contribution in [0.15, 0.2) is 39.5 Å². The maximum absolute atomic E-state index is 3.63. The monoisotopic (exact) mass is 323 g/mol. The third-order valence-electron chi connectivity index (χ3n) is 3.03. The van der Waals surface area contributed by atoms with Gasteiger partial charge in [0.25, 0.3) is 0 Å². The molecule has 2 aromatic rings. The molecule has 0 aliphatic carbocycles. The highest BCUT2D eigenvalue weighted by atomic mass is 79.9. The zero-order valence-electron chi connectivity index (χ0n) is 10.7. The largest absolute Gasteiger partial charge is 0.310 e. The summed E-state index contributed by atoms with van der Waals surface area (Å²) in [4.78, 5) is 0. The Bertz CT molecular complexity index is 489. The van der Waals surface area contributed by atoms with Gasteiger partial charge in [-0.3, -0.25) is 0 Å². The Balaban J connectivity index is 2.16. The molecule has 96 valence electrons. The maximum Gasteiger partial charge on any atom is 0.0380 e. The Hall–Kier alpha value is -0.640. The molecule has 0 aliphatic heterocycles. The van der Waals surface area contributed by atoms with Gasteiger partial charge in [-0.15, -0.1) is 0 Å². The third kappa shape index (κ3) is 3.44. The summed E-state index contributed by atoms with van der Waals surface area (Å²) in [5.41, 5.74) is 4.06. The first-order chi connectivity index (χ1) is 8.70. The molecule has 1 atom stereocenters. The number of thiophene rings is 1. The SMILES string of the molecule is CCNC(Cc1ccc(C)cc1)c1cscc1Br. The van der Waals surface area contributed by atoms with E-state index in [-0.39, 0.29) is 0 Å². The Labute approximate surface area is 121 Å². The molecule has 0 saturated carbocycles. The Morgan fingerprint density at radius 1 is 1.22 bits per heavy atom. The molecule has 3 heteroatoms. The summed E-state index contributed by atoms with van der Waals surface area (Å²) in [6.07, 6.45) is 1.03. The molecular weight excluding hydrogens is 306 g/mol. The molecule has 0 saturated heterocycles. The number of aryl methyl sites for hydroxylation is 1. The minimum atomic E-state index is 0.387. The first kappa shape index (κ1) is 13.8. The quantitative estimate of drug-likeness (QED) is 0.840. The number of hydrogen-bond acceptors (Lipinski definition) is 2. The molecule has 1 heterocycles. The summed E-state index contributed by atoms with van der Waals surface area (Å²) >= 11 is 5.38. The lowest BCUT2D eigenvalue weighted by molar-refractivity contribution is 0.549. The maximum atomic E-state index is 3.63. The Morgan fingerprint density at radius 2 is 1.94 bits per heavy atom. The number of rotatable bonds is 5. The molecule has 0 radical (unpaired) electrons. The summed E-state index contributed by atoms with van der Waals surface area (Å²) in [7, 11) is 0. The van der Waals surface area contributed by atoms with Gasteiger partial charge in [0.1, 0.15) is 0 Å². The first-order valence-corrected chi connectivity index (χ1v) is 7.94. The van der Waals surface area contributed by atoms with Crippen molar-refractivity contribution in [2.24, 2.45) is 0 Å². The summed E-state index contributed by atoms with van der Waals surface area (Å²) in [6, 6.07) is 9.19. The molecule has 1 aromatic heterocycles. The van der Waals surface area contributed by atoms with Crippen LogP contribution in [-0.2, 0) is 6.42 Å². The van der Waals surface area contributed by atoms with Crippen LogP contribution < -0.4 is 5.32 Å². The van der Waals surface area contributed by atoms with E-state index in [0.29, 0.717) is 6.04 Å². The fourth-order valence-corrected chi connectivity index (χ4v) is 3.67. The second-order valence-corrected chi connectivity index (χ2v) is 6.07. The van der Waals surface area contributed by atoms with E-state index in [2.05, 4.69) is 70.1 Å². The molecule has 1 unspecified atom stereocenters. The second-order valence-electron chi connectivity index (χ2n) is 4.48. The summed E-state index contributed by atoms with van der Waals surface area (Å²) < 4.78 is 1.21. The van der Waals surface area contributed by atoms with Crippen molar-refractivity contribution in [1.82, 2.24) is 5.32 Å². The van der Waals surface area contributed by atoms with E-state index in [1.54, 1.807) is 11.3 Å². The number of likely N-dealkylation sites (N-methyl/N-ethyl adjacent to an activating group) is 1. The third-order valence-corrected chi connectivity index (χ3v) is 4.78. The molecule has 0 bridgehead atoms. The van der Waals surface area contributed by atoms with Crippen molar-refractivity contribution in [1.29, 1.82) is 0 Å². The first-order valence-electron chi connectivity index (χ1n) is 6.21. The zero-order chi connectivity index (χ0) is 13.0. The lowest BCUT2D eigenvalue weighted by Gasteiger charge is -2.18. The smallest absolute Gasteiger partial charge is 0.0380 e. The predicted octanol–water partition coefficient (Wildman–Crippen LogP) is 4.71. The van der Waals surface area contributed by atoms with Crippen molar-refractivity contribution < 1.29 is 0 Å². The van der Waals surface area contributed by atoms with E-state index >= 15 is 0 Å². The van der Waals surface area contributed by atoms with Gasteiger partial charge in [0.15, 0.2) is 0 Å². The average molecular weight is 324 g/mol. The number of hydrogen-bond donors (Lipinski definition) is 1. The van der Waals surface area contributed by atoms with Gasteiger partial charge in [-0.25, -0.2) is 0 Å². The normalized spacial score (nSPS) is 12.6. The van der Waals surface area contributed by atoms with Crippen LogP contribution >= 0.6 is 27.3 Å². The lowest BCUT2D eigenvalue weighted by Crippen LogP contribution is -2.22. The Morgan fingerprint density at radius 3 is 2.50 bits per heavy atom. The summed E-state index contributed by atoms with van der Waals surface area (Å²) in [5, 5.41) is 7.94. The van der Waals surface area contributed by atoms with E-state index in [1.165, 1.54) is 21.2 Å². The standard InChI is InChI=1S/C15H18BrNS/c1-3-17-15(13-9-18-10-14(13)16)8-12-6-4-11(2)5-7-12/h4-7,9-10,15,17H,3,8H2,1-2H3. The minimum absolute atomic E-state index is 0.387. The van der Waals surface area contributed by atoms with Crippen LogP contribution in [0.3, 0.4) is 0 Å². The topological polar surface area (TPSA) is 12.0 Å². The molecular formula is C15H18BrNS. The van der Waals surface area contributed by atoms with Crippen LogP contribution in [0.25, 0.3) is 0 Å². The highest BCUT2D eigenvalue weighted by Gasteiger charge is 2.14. The fraction of sp³-hybridized carbons (Fsp3) is 0.333. The second kappa shape index (κ2) is 6.50. The zero-order valence-corrected chi connectivity index (χ0v) is 13.1. The lowest BCUT2D eigenvalue weighted by atomic mass is 10.0. The van der Waals surface area contributed by atoms with Crippen LogP contribution in [-0.4, -0.2) is 6.54 Å². The van der Waals surface area contributed by atoms with Gasteiger partial charge in [0.2, 0.25) is 0 Å². The van der Waals surface area contributed by atoms with E-state index in [4.69, 9.17) is 0 Å². The summed E-state index contributed by atoms with van der Waals surface area (Å²) in [6.45, 7) is 5.27. The van der Waals surface area contributed by atoms with Crippen molar-refractivity contribution in [3.63, 3.8) is 0 Å². The molecule has 0 spiro atoms. The van der Waals surface area contributed by atoms with Gasteiger partial charge in [-0.05, 0) is 52.3 Å². The van der Waals surface area contributed by atoms with Crippen LogP contribution in [0.5, 0.6) is 0 Å². The van der Waals surface area contributed by atoms with E-state index < -0.39 is 0 Å². The van der Waals surface area contributed by atoms with E-state index in [0.717, 1.165) is 13.0 Å².